The molecular weight excluding hydrogens is 264 g/mol. The first-order valence-corrected chi connectivity index (χ1v) is 7.44. The van der Waals surface area contributed by atoms with Gasteiger partial charge >= 0.3 is 0 Å². The summed E-state index contributed by atoms with van der Waals surface area (Å²) in [5.41, 5.74) is 0.740. The molecule has 0 atom stereocenters. The Kier molecular flexibility index (Phi) is 4.84. The average molecular weight is 286 g/mol. The smallest absolute Gasteiger partial charge is 0.165 e. The van der Waals surface area contributed by atoms with E-state index in [1.165, 1.54) is 0 Å². The molecule has 3 heteroatoms. The van der Waals surface area contributed by atoms with Crippen LogP contribution >= 0.6 is 0 Å². The monoisotopic (exact) mass is 286 g/mol. The zero-order valence-corrected chi connectivity index (χ0v) is 13.1. The summed E-state index contributed by atoms with van der Waals surface area (Å²) in [6.45, 7) is 8.89. The summed E-state index contributed by atoms with van der Waals surface area (Å²) >= 11 is 0. The highest BCUT2D eigenvalue weighted by Crippen LogP contribution is 2.33. The lowest BCUT2D eigenvalue weighted by Crippen LogP contribution is -2.07. The lowest BCUT2D eigenvalue weighted by atomic mass is 9.98. The van der Waals surface area contributed by atoms with Crippen LogP contribution in [0.4, 0.5) is 0 Å². The lowest BCUT2D eigenvalue weighted by molar-refractivity contribution is 0.0939. The molecule has 0 fully saturated rings. The second-order valence-electron chi connectivity index (χ2n) is 5.25. The predicted molar refractivity (Wildman–Crippen MR) is 85.5 cm³/mol. The van der Waals surface area contributed by atoms with E-state index in [9.17, 15) is 4.79 Å². The maximum Gasteiger partial charge on any atom is 0.165 e. The van der Waals surface area contributed by atoms with Crippen LogP contribution in [0.5, 0.6) is 11.5 Å². The molecule has 0 heterocycles. The maximum atomic E-state index is 12.1. The van der Waals surface area contributed by atoms with E-state index in [1.807, 2.05) is 58.0 Å². The van der Waals surface area contributed by atoms with Crippen LogP contribution < -0.4 is 9.47 Å². The van der Waals surface area contributed by atoms with Gasteiger partial charge in [0.15, 0.2) is 17.3 Å². The number of hydrogen-bond donors (Lipinski definition) is 0. The Morgan fingerprint density at radius 2 is 1.52 bits per heavy atom. The summed E-state index contributed by atoms with van der Waals surface area (Å²) in [6, 6.07) is 9.67. The van der Waals surface area contributed by atoms with Crippen molar-refractivity contribution in [2.45, 2.75) is 27.7 Å². The molecule has 0 bridgehead atoms. The number of ketones is 1. The molecule has 0 saturated heterocycles. The van der Waals surface area contributed by atoms with Gasteiger partial charge in [-0.15, -0.1) is 0 Å². The molecule has 2 aromatic rings. The fraction of sp³-hybridized carbons (Fsp3) is 0.389. The van der Waals surface area contributed by atoms with Crippen LogP contribution in [-0.4, -0.2) is 19.0 Å². The third kappa shape index (κ3) is 3.35. The van der Waals surface area contributed by atoms with Gasteiger partial charge in [-0.1, -0.05) is 26.0 Å². The van der Waals surface area contributed by atoms with E-state index in [1.54, 1.807) is 0 Å². The molecule has 0 aliphatic heterocycles. The number of carbonyl (C=O) groups excluding carboxylic acids is 1. The number of ether oxygens (including phenoxy) is 2. The summed E-state index contributed by atoms with van der Waals surface area (Å²) in [4.78, 5) is 12.1. The van der Waals surface area contributed by atoms with Gasteiger partial charge in [0.25, 0.3) is 0 Å². The molecule has 2 rings (SSSR count). The molecule has 0 aromatic heterocycles. The third-order valence-electron chi connectivity index (χ3n) is 3.31. The second-order valence-corrected chi connectivity index (χ2v) is 5.25. The molecule has 0 radical (unpaired) electrons. The maximum absolute atomic E-state index is 12.1. The van der Waals surface area contributed by atoms with Crippen molar-refractivity contribution < 1.29 is 14.3 Å². The van der Waals surface area contributed by atoms with E-state index in [-0.39, 0.29) is 11.7 Å². The summed E-state index contributed by atoms with van der Waals surface area (Å²) < 4.78 is 11.3. The van der Waals surface area contributed by atoms with Gasteiger partial charge < -0.3 is 9.47 Å². The largest absolute Gasteiger partial charge is 0.490 e. The lowest BCUT2D eigenvalue weighted by Gasteiger charge is -2.13. The van der Waals surface area contributed by atoms with Crippen LogP contribution in [-0.2, 0) is 0 Å². The van der Waals surface area contributed by atoms with Crippen LogP contribution in [0, 0.1) is 5.92 Å². The molecule has 21 heavy (non-hydrogen) atoms. The topological polar surface area (TPSA) is 35.5 Å². The molecule has 2 aromatic carbocycles. The Morgan fingerprint density at radius 3 is 2.05 bits per heavy atom. The molecule has 0 amide bonds. The fourth-order valence-electron chi connectivity index (χ4n) is 2.28. The van der Waals surface area contributed by atoms with Crippen LogP contribution in [0.3, 0.4) is 0 Å². The number of fused-ring (bicyclic) bond motifs is 1. The van der Waals surface area contributed by atoms with Crippen LogP contribution in [0.15, 0.2) is 30.3 Å². The number of carbonyl (C=O) groups is 1. The standard InChI is InChI=1S/C18H22O3/c1-5-20-16-10-13-7-8-14(18(19)12(3)4)9-15(13)11-17(16)21-6-2/h7-12H,5-6H2,1-4H3. The average Bonchev–Trinajstić information content (AvgIpc) is 2.47. The van der Waals surface area contributed by atoms with Crippen molar-refractivity contribution in [2.24, 2.45) is 5.92 Å². The van der Waals surface area contributed by atoms with Gasteiger partial charge in [0.1, 0.15) is 0 Å². The van der Waals surface area contributed by atoms with Crippen molar-refractivity contribution in [1.82, 2.24) is 0 Å². The van der Waals surface area contributed by atoms with E-state index in [0.717, 1.165) is 27.8 Å². The summed E-state index contributed by atoms with van der Waals surface area (Å²) in [7, 11) is 0. The highest BCUT2D eigenvalue weighted by atomic mass is 16.5. The van der Waals surface area contributed by atoms with Gasteiger partial charge in [-0.3, -0.25) is 4.79 Å². The third-order valence-corrected chi connectivity index (χ3v) is 3.31. The Bertz CT molecular complexity index is 644. The van der Waals surface area contributed by atoms with Gasteiger partial charge in [-0.05, 0) is 42.8 Å². The number of Topliss-reactive ketones (excluding diaryl/α,β-unsaturated/α-hetero) is 1. The molecule has 0 saturated carbocycles. The molecule has 0 aliphatic carbocycles. The minimum Gasteiger partial charge on any atom is -0.490 e. The summed E-state index contributed by atoms with van der Waals surface area (Å²) in [5.74, 6) is 1.62. The molecule has 3 nitrogen and oxygen atoms in total. The molecule has 0 spiro atoms. The molecule has 0 aliphatic rings. The van der Waals surface area contributed by atoms with Crippen molar-refractivity contribution in [2.75, 3.05) is 13.2 Å². The quantitative estimate of drug-likeness (QED) is 0.735. The fourth-order valence-corrected chi connectivity index (χ4v) is 2.28. The van der Waals surface area contributed by atoms with Crippen molar-refractivity contribution in [3.05, 3.63) is 35.9 Å². The van der Waals surface area contributed by atoms with E-state index < -0.39 is 0 Å². The van der Waals surface area contributed by atoms with E-state index in [0.29, 0.717) is 13.2 Å². The normalized spacial score (nSPS) is 10.9. The zero-order valence-electron chi connectivity index (χ0n) is 13.1. The first kappa shape index (κ1) is 15.4. The van der Waals surface area contributed by atoms with Crippen molar-refractivity contribution in [3.8, 4) is 11.5 Å². The predicted octanol–water partition coefficient (Wildman–Crippen LogP) is 4.48. The number of hydrogen-bond acceptors (Lipinski definition) is 3. The summed E-state index contributed by atoms with van der Waals surface area (Å²) in [5, 5.41) is 2.04. The van der Waals surface area contributed by atoms with Crippen molar-refractivity contribution in [3.63, 3.8) is 0 Å². The van der Waals surface area contributed by atoms with Gasteiger partial charge in [-0.2, -0.15) is 0 Å². The highest BCUT2D eigenvalue weighted by molar-refractivity contribution is 6.01. The summed E-state index contributed by atoms with van der Waals surface area (Å²) in [6.07, 6.45) is 0. The zero-order chi connectivity index (χ0) is 15.4. The Morgan fingerprint density at radius 1 is 0.952 bits per heavy atom. The van der Waals surface area contributed by atoms with Crippen molar-refractivity contribution >= 4 is 16.6 Å². The Labute approximate surface area is 125 Å². The Balaban J connectivity index is 2.51. The van der Waals surface area contributed by atoms with E-state index in [2.05, 4.69) is 0 Å². The SMILES string of the molecule is CCOc1cc2ccc(C(=O)C(C)C)cc2cc1OCC. The molecule has 0 N–H and O–H groups in total. The number of benzene rings is 2. The minimum absolute atomic E-state index is 0.00323. The molecule has 0 unspecified atom stereocenters. The van der Waals surface area contributed by atoms with Crippen LogP contribution in [0.2, 0.25) is 0 Å². The van der Waals surface area contributed by atoms with Gasteiger partial charge in [0, 0.05) is 11.5 Å². The van der Waals surface area contributed by atoms with Gasteiger partial charge in [0.05, 0.1) is 13.2 Å². The van der Waals surface area contributed by atoms with E-state index >= 15 is 0 Å². The molecule has 112 valence electrons. The first-order valence-electron chi connectivity index (χ1n) is 7.44. The van der Waals surface area contributed by atoms with Gasteiger partial charge in [-0.25, -0.2) is 0 Å². The van der Waals surface area contributed by atoms with E-state index in [4.69, 9.17) is 9.47 Å². The molecular formula is C18H22O3. The van der Waals surface area contributed by atoms with Crippen molar-refractivity contribution in [1.29, 1.82) is 0 Å². The first-order chi connectivity index (χ1) is 10.1. The highest BCUT2D eigenvalue weighted by Gasteiger charge is 2.12. The number of rotatable bonds is 6. The van der Waals surface area contributed by atoms with Crippen LogP contribution in [0.1, 0.15) is 38.1 Å². The Hall–Kier alpha value is -2.03. The second kappa shape index (κ2) is 6.61. The van der Waals surface area contributed by atoms with Gasteiger partial charge in [0.2, 0.25) is 0 Å². The minimum atomic E-state index is -0.00323. The van der Waals surface area contributed by atoms with Crippen LogP contribution in [0.25, 0.3) is 10.8 Å².